The van der Waals surface area contributed by atoms with Gasteiger partial charge >= 0.3 is 5.97 Å². The van der Waals surface area contributed by atoms with Crippen molar-refractivity contribution in [3.8, 4) is 0 Å². The molecule has 0 unspecified atom stereocenters. The third-order valence-electron chi connectivity index (χ3n) is 2.35. The molecule has 110 valence electrons. The number of hydrogen-bond donors (Lipinski definition) is 1. The van der Waals surface area contributed by atoms with Crippen LogP contribution in [0.25, 0.3) is 0 Å². The Labute approximate surface area is 119 Å². The third kappa shape index (κ3) is 3.28. The lowest BCUT2D eigenvalue weighted by Gasteiger charge is -2.09. The van der Waals surface area contributed by atoms with Crippen LogP contribution in [0.1, 0.15) is 10.4 Å². The zero-order chi connectivity index (χ0) is 15.5. The van der Waals surface area contributed by atoms with Gasteiger partial charge in [0.05, 0.1) is 25.1 Å². The second kappa shape index (κ2) is 5.79. The number of halogens is 1. The molecule has 0 aliphatic heterocycles. The Morgan fingerprint density at radius 3 is 2.71 bits per heavy atom. The number of sulfonamides is 1. The number of methoxy groups -OCH3 is 1. The average molecular weight is 312 g/mol. The molecule has 8 nitrogen and oxygen atoms in total. The molecule has 0 amide bonds. The molecule has 1 aromatic carbocycles. The summed E-state index contributed by atoms with van der Waals surface area (Å²) < 4.78 is 44.2. The van der Waals surface area contributed by atoms with Gasteiger partial charge in [-0.1, -0.05) is 0 Å². The first-order chi connectivity index (χ1) is 9.94. The van der Waals surface area contributed by atoms with Crippen LogP contribution >= 0.6 is 0 Å². The minimum absolute atomic E-state index is 0.308. The second-order valence-electron chi connectivity index (χ2n) is 3.70. The molecule has 0 atom stereocenters. The predicted molar refractivity (Wildman–Crippen MR) is 68.4 cm³/mol. The van der Waals surface area contributed by atoms with E-state index in [1.54, 1.807) is 0 Å². The molecular weight excluding hydrogens is 303 g/mol. The van der Waals surface area contributed by atoms with Crippen molar-refractivity contribution in [2.75, 3.05) is 11.8 Å². The van der Waals surface area contributed by atoms with E-state index in [0.29, 0.717) is 6.07 Å². The second-order valence-corrected chi connectivity index (χ2v) is 5.35. The number of anilines is 1. The van der Waals surface area contributed by atoms with Gasteiger partial charge in [0, 0.05) is 0 Å². The molecule has 0 radical (unpaired) electrons. The van der Waals surface area contributed by atoms with E-state index in [-0.39, 0.29) is 11.5 Å². The first-order valence-corrected chi connectivity index (χ1v) is 6.97. The molecule has 10 heteroatoms. The third-order valence-corrected chi connectivity index (χ3v) is 3.71. The zero-order valence-electron chi connectivity index (χ0n) is 10.6. The lowest BCUT2D eigenvalue weighted by atomic mass is 10.2. The summed E-state index contributed by atoms with van der Waals surface area (Å²) in [5.74, 6) is -2.05. The molecule has 21 heavy (non-hydrogen) atoms. The quantitative estimate of drug-likeness (QED) is 0.823. The standard InChI is InChI=1S/C11H9FN4O4S/c1-20-10(17)8-3-2-7(12)6-9(8)21(18,19)16-11-13-4-5-14-15-11/h2-6H,1H3,(H,13,15,16). The highest BCUT2D eigenvalue weighted by Crippen LogP contribution is 2.20. The number of nitrogens with zero attached hydrogens (tertiary/aromatic N) is 3. The molecule has 0 saturated carbocycles. The van der Waals surface area contributed by atoms with Crippen molar-refractivity contribution in [1.82, 2.24) is 15.2 Å². The average Bonchev–Trinajstić information content (AvgIpc) is 2.47. The lowest BCUT2D eigenvalue weighted by Crippen LogP contribution is -2.19. The van der Waals surface area contributed by atoms with Crippen LogP contribution in [0.5, 0.6) is 0 Å². The Morgan fingerprint density at radius 1 is 1.33 bits per heavy atom. The van der Waals surface area contributed by atoms with E-state index in [9.17, 15) is 17.6 Å². The Kier molecular flexibility index (Phi) is 4.08. The van der Waals surface area contributed by atoms with Crippen LogP contribution in [-0.2, 0) is 14.8 Å². The minimum atomic E-state index is -4.28. The van der Waals surface area contributed by atoms with Crippen LogP contribution in [-0.4, -0.2) is 36.7 Å². The Balaban J connectivity index is 2.49. The fourth-order valence-electron chi connectivity index (χ4n) is 1.47. The van der Waals surface area contributed by atoms with Gasteiger partial charge in [-0.25, -0.2) is 27.3 Å². The van der Waals surface area contributed by atoms with Gasteiger partial charge in [-0.15, -0.1) is 5.10 Å². The number of carbonyl (C=O) groups is 1. The Hall–Kier alpha value is -2.62. The van der Waals surface area contributed by atoms with Gasteiger partial charge in [0.15, 0.2) is 0 Å². The van der Waals surface area contributed by atoms with Gasteiger partial charge in [-0.2, -0.15) is 5.10 Å². The monoisotopic (exact) mass is 312 g/mol. The minimum Gasteiger partial charge on any atom is -0.465 e. The summed E-state index contributed by atoms with van der Waals surface area (Å²) in [5.41, 5.74) is -0.310. The van der Waals surface area contributed by atoms with Crippen LogP contribution in [0, 0.1) is 5.82 Å². The van der Waals surface area contributed by atoms with Gasteiger partial charge in [-0.05, 0) is 18.2 Å². The number of ether oxygens (including phenoxy) is 1. The van der Waals surface area contributed by atoms with Gasteiger partial charge in [0.2, 0.25) is 0 Å². The van der Waals surface area contributed by atoms with Crippen molar-refractivity contribution in [1.29, 1.82) is 0 Å². The zero-order valence-corrected chi connectivity index (χ0v) is 11.5. The highest BCUT2D eigenvalue weighted by atomic mass is 32.2. The molecule has 0 aliphatic carbocycles. The summed E-state index contributed by atoms with van der Waals surface area (Å²) in [6.07, 6.45) is 2.47. The van der Waals surface area contributed by atoms with Gasteiger partial charge < -0.3 is 4.74 Å². The van der Waals surface area contributed by atoms with Crippen LogP contribution < -0.4 is 4.72 Å². The SMILES string of the molecule is COC(=O)c1ccc(F)cc1S(=O)(=O)Nc1nccnn1. The van der Waals surface area contributed by atoms with Crippen molar-refractivity contribution >= 4 is 21.9 Å². The normalized spacial score (nSPS) is 11.0. The van der Waals surface area contributed by atoms with E-state index in [1.165, 1.54) is 12.4 Å². The van der Waals surface area contributed by atoms with E-state index >= 15 is 0 Å². The van der Waals surface area contributed by atoms with Crippen molar-refractivity contribution in [3.63, 3.8) is 0 Å². The molecular formula is C11H9FN4O4S. The van der Waals surface area contributed by atoms with E-state index in [0.717, 1.165) is 19.2 Å². The first-order valence-electron chi connectivity index (χ1n) is 5.48. The molecule has 1 aromatic heterocycles. The van der Waals surface area contributed by atoms with Crippen LogP contribution in [0.15, 0.2) is 35.5 Å². The Bertz CT molecular complexity index is 767. The summed E-state index contributed by atoms with van der Waals surface area (Å²) in [7, 11) is -3.19. The number of aromatic nitrogens is 3. The summed E-state index contributed by atoms with van der Waals surface area (Å²) in [6, 6.07) is 2.66. The summed E-state index contributed by atoms with van der Waals surface area (Å²) >= 11 is 0. The molecule has 1 heterocycles. The highest BCUT2D eigenvalue weighted by molar-refractivity contribution is 7.92. The predicted octanol–water partition coefficient (Wildman–Crippen LogP) is 0.598. The maximum Gasteiger partial charge on any atom is 0.339 e. The maximum absolute atomic E-state index is 13.3. The molecule has 0 saturated heterocycles. The first kappa shape index (κ1) is 14.8. The van der Waals surface area contributed by atoms with Crippen LogP contribution in [0.2, 0.25) is 0 Å². The molecule has 2 rings (SSSR count). The van der Waals surface area contributed by atoms with E-state index in [1.807, 2.05) is 4.72 Å². The largest absolute Gasteiger partial charge is 0.465 e. The summed E-state index contributed by atoms with van der Waals surface area (Å²) in [4.78, 5) is 14.6. The van der Waals surface area contributed by atoms with Gasteiger partial charge in [0.25, 0.3) is 16.0 Å². The van der Waals surface area contributed by atoms with Crippen molar-refractivity contribution in [2.45, 2.75) is 4.90 Å². The maximum atomic E-state index is 13.3. The molecule has 0 fully saturated rings. The number of nitrogens with one attached hydrogen (secondary N) is 1. The number of benzene rings is 1. The fraction of sp³-hybridized carbons (Fsp3) is 0.0909. The molecule has 0 bridgehead atoms. The Morgan fingerprint density at radius 2 is 2.10 bits per heavy atom. The van der Waals surface area contributed by atoms with Crippen molar-refractivity contribution in [2.24, 2.45) is 0 Å². The van der Waals surface area contributed by atoms with Crippen molar-refractivity contribution in [3.05, 3.63) is 42.0 Å². The molecule has 0 spiro atoms. The summed E-state index contributed by atoms with van der Waals surface area (Å²) in [5, 5.41) is 6.89. The lowest BCUT2D eigenvalue weighted by molar-refractivity contribution is 0.0596. The van der Waals surface area contributed by atoms with Gasteiger partial charge in [0.1, 0.15) is 10.7 Å². The fourth-order valence-corrected chi connectivity index (χ4v) is 2.62. The van der Waals surface area contributed by atoms with Crippen molar-refractivity contribution < 1.29 is 22.3 Å². The smallest absolute Gasteiger partial charge is 0.339 e. The van der Waals surface area contributed by atoms with Crippen LogP contribution in [0.3, 0.4) is 0 Å². The molecule has 2 aromatic rings. The number of esters is 1. The number of carbonyl (C=O) groups excluding carboxylic acids is 1. The topological polar surface area (TPSA) is 111 Å². The van der Waals surface area contributed by atoms with Gasteiger partial charge in [-0.3, -0.25) is 0 Å². The van der Waals surface area contributed by atoms with E-state index in [2.05, 4.69) is 19.9 Å². The number of rotatable bonds is 4. The summed E-state index contributed by atoms with van der Waals surface area (Å²) in [6.45, 7) is 0. The molecule has 1 N–H and O–H groups in total. The molecule has 0 aliphatic rings. The highest BCUT2D eigenvalue weighted by Gasteiger charge is 2.24. The van der Waals surface area contributed by atoms with Crippen LogP contribution in [0.4, 0.5) is 10.3 Å². The number of hydrogen-bond acceptors (Lipinski definition) is 7. The van der Waals surface area contributed by atoms with E-state index < -0.39 is 26.7 Å². The van der Waals surface area contributed by atoms with E-state index in [4.69, 9.17) is 0 Å².